The number of rotatable bonds is 8. The lowest BCUT2D eigenvalue weighted by molar-refractivity contribution is -0.121. The van der Waals surface area contributed by atoms with Crippen molar-refractivity contribution >= 4 is 21.8 Å². The van der Waals surface area contributed by atoms with Gasteiger partial charge in [-0.05, 0) is 48.2 Å². The summed E-state index contributed by atoms with van der Waals surface area (Å²) in [5, 5.41) is 10.9. The Labute approximate surface area is 152 Å². The molecule has 0 aliphatic heterocycles. The van der Waals surface area contributed by atoms with Crippen molar-refractivity contribution in [2.24, 2.45) is 0 Å². The van der Waals surface area contributed by atoms with Gasteiger partial charge in [-0.15, -0.1) is 0 Å². The van der Waals surface area contributed by atoms with Gasteiger partial charge < -0.3 is 5.32 Å². The van der Waals surface area contributed by atoms with E-state index in [1.54, 1.807) is 6.20 Å². The predicted molar refractivity (Wildman–Crippen MR) is 91.4 cm³/mol. The van der Waals surface area contributed by atoms with E-state index < -0.39 is 6.43 Å². The summed E-state index contributed by atoms with van der Waals surface area (Å²) in [6.07, 6.45) is 1.71. The Morgan fingerprint density at radius 2 is 2.20 bits per heavy atom. The van der Waals surface area contributed by atoms with Crippen LogP contribution < -0.4 is 5.32 Å². The largest absolute Gasteiger partial charge is 0.354 e. The Balaban J connectivity index is 1.54. The van der Waals surface area contributed by atoms with Crippen molar-refractivity contribution in [1.82, 2.24) is 24.9 Å². The van der Waals surface area contributed by atoms with Crippen molar-refractivity contribution in [2.75, 3.05) is 6.54 Å². The lowest BCUT2D eigenvalue weighted by Crippen LogP contribution is -2.30. The minimum Gasteiger partial charge on any atom is -0.354 e. The van der Waals surface area contributed by atoms with Gasteiger partial charge in [0, 0.05) is 30.9 Å². The van der Waals surface area contributed by atoms with E-state index in [0.29, 0.717) is 16.7 Å². The Hall–Kier alpha value is -1.77. The molecule has 1 aliphatic rings. The Bertz CT molecular complexity index is 754. The highest BCUT2D eigenvalue weighted by Gasteiger charge is 2.34. The van der Waals surface area contributed by atoms with Crippen LogP contribution >= 0.6 is 15.9 Å². The third kappa shape index (κ3) is 4.26. The lowest BCUT2D eigenvalue weighted by atomic mass is 10.2. The molecule has 9 heteroatoms. The molecule has 2 heterocycles. The third-order valence-electron chi connectivity index (χ3n) is 4.22. The smallest absolute Gasteiger partial charge is 0.283 e. The fraction of sp³-hybridized carbons (Fsp3) is 0.562. The number of aryl methyl sites for hydroxylation is 2. The number of carbonyl (C=O) groups excluding carboxylic acids is 1. The first-order valence-corrected chi connectivity index (χ1v) is 9.06. The van der Waals surface area contributed by atoms with E-state index in [1.807, 2.05) is 17.7 Å². The minimum atomic E-state index is -2.66. The van der Waals surface area contributed by atoms with Gasteiger partial charge >= 0.3 is 0 Å². The highest BCUT2D eigenvalue weighted by atomic mass is 79.9. The molecule has 0 atom stereocenters. The van der Waals surface area contributed by atoms with Gasteiger partial charge in [0.1, 0.15) is 12.2 Å². The molecule has 136 valence electrons. The Morgan fingerprint density at radius 1 is 1.44 bits per heavy atom. The average Bonchev–Trinajstić information content (AvgIpc) is 3.22. The molecule has 25 heavy (non-hydrogen) atoms. The summed E-state index contributed by atoms with van der Waals surface area (Å²) in [4.78, 5) is 12.1. The minimum absolute atomic E-state index is 0.0437. The molecule has 1 N–H and O–H groups in total. The van der Waals surface area contributed by atoms with Crippen LogP contribution in [0.5, 0.6) is 0 Å². The summed E-state index contributed by atoms with van der Waals surface area (Å²) in [7, 11) is 0. The molecular weight excluding hydrogens is 396 g/mol. The number of hydrogen-bond donors (Lipinski definition) is 1. The van der Waals surface area contributed by atoms with Gasteiger partial charge in [0.05, 0.1) is 10.2 Å². The predicted octanol–water partition coefficient (Wildman–Crippen LogP) is 3.17. The van der Waals surface area contributed by atoms with E-state index in [2.05, 4.69) is 31.4 Å². The van der Waals surface area contributed by atoms with E-state index in [4.69, 9.17) is 0 Å². The van der Waals surface area contributed by atoms with Gasteiger partial charge in [0.15, 0.2) is 0 Å². The van der Waals surface area contributed by atoms with Crippen molar-refractivity contribution in [1.29, 1.82) is 0 Å². The number of halogens is 3. The van der Waals surface area contributed by atoms with Crippen LogP contribution in [-0.2, 0) is 17.9 Å². The van der Waals surface area contributed by atoms with Gasteiger partial charge in [-0.2, -0.15) is 10.2 Å². The molecule has 6 nitrogen and oxygen atoms in total. The summed E-state index contributed by atoms with van der Waals surface area (Å²) in [5.74, 6) is -0.0140. The Kier molecular flexibility index (Phi) is 5.51. The number of carbonyl (C=O) groups is 1. The monoisotopic (exact) mass is 415 g/mol. The molecule has 1 fully saturated rings. The van der Waals surface area contributed by atoms with Crippen LogP contribution in [0.3, 0.4) is 0 Å². The van der Waals surface area contributed by atoms with Crippen LogP contribution in [0.25, 0.3) is 0 Å². The van der Waals surface area contributed by atoms with Crippen LogP contribution in [0, 0.1) is 6.92 Å². The molecule has 0 radical (unpaired) electrons. The van der Waals surface area contributed by atoms with Crippen LogP contribution in [0.2, 0.25) is 0 Å². The number of aromatic nitrogens is 4. The third-order valence-corrected chi connectivity index (χ3v) is 5.03. The molecule has 1 saturated carbocycles. The first-order valence-electron chi connectivity index (χ1n) is 8.26. The van der Waals surface area contributed by atoms with Gasteiger partial charge in [0.2, 0.25) is 5.91 Å². The van der Waals surface area contributed by atoms with E-state index in [0.717, 1.165) is 31.5 Å². The van der Waals surface area contributed by atoms with Gasteiger partial charge in [0.25, 0.3) is 6.43 Å². The number of alkyl halides is 2. The maximum Gasteiger partial charge on any atom is 0.283 e. The first kappa shape index (κ1) is 18.0. The van der Waals surface area contributed by atoms with E-state index >= 15 is 0 Å². The summed E-state index contributed by atoms with van der Waals surface area (Å²) in [6.45, 7) is 3.15. The molecule has 0 bridgehead atoms. The average molecular weight is 416 g/mol. The molecule has 3 rings (SSSR count). The van der Waals surface area contributed by atoms with Crippen LogP contribution in [0.15, 0.2) is 16.7 Å². The highest BCUT2D eigenvalue weighted by Crippen LogP contribution is 2.45. The van der Waals surface area contributed by atoms with Crippen molar-refractivity contribution in [3.63, 3.8) is 0 Å². The summed E-state index contributed by atoms with van der Waals surface area (Å²) in [5.41, 5.74) is 1.49. The maximum atomic E-state index is 13.0. The zero-order valence-electron chi connectivity index (χ0n) is 13.9. The fourth-order valence-electron chi connectivity index (χ4n) is 2.76. The van der Waals surface area contributed by atoms with Gasteiger partial charge in [-0.1, -0.05) is 0 Å². The summed E-state index contributed by atoms with van der Waals surface area (Å²) in [6, 6.07) is 1.92. The fourth-order valence-corrected chi connectivity index (χ4v) is 3.54. The van der Waals surface area contributed by atoms with Crippen molar-refractivity contribution in [2.45, 2.75) is 51.6 Å². The number of nitrogens with one attached hydrogen (secondary N) is 1. The van der Waals surface area contributed by atoms with Crippen molar-refractivity contribution in [3.8, 4) is 0 Å². The number of nitrogens with zero attached hydrogens (tertiary/aromatic N) is 4. The molecule has 0 spiro atoms. The zero-order valence-corrected chi connectivity index (χ0v) is 15.5. The Morgan fingerprint density at radius 3 is 2.80 bits per heavy atom. The second kappa shape index (κ2) is 7.63. The van der Waals surface area contributed by atoms with Crippen LogP contribution in [-0.4, -0.2) is 32.0 Å². The molecule has 2 aromatic rings. The topological polar surface area (TPSA) is 64.7 Å². The molecule has 0 saturated heterocycles. The number of hydrogen-bond acceptors (Lipinski definition) is 3. The van der Waals surface area contributed by atoms with E-state index in [-0.39, 0.29) is 24.1 Å². The SMILES string of the molecule is Cc1ccnn1CCCNC(=O)Cn1nc(C(F)F)c(Br)c1C1CC1. The highest BCUT2D eigenvalue weighted by molar-refractivity contribution is 9.10. The lowest BCUT2D eigenvalue weighted by Gasteiger charge is -2.09. The molecular formula is C16H20BrF2N5O. The number of amides is 1. The molecule has 1 amide bonds. The molecule has 0 unspecified atom stereocenters. The summed E-state index contributed by atoms with van der Waals surface area (Å²) >= 11 is 3.22. The van der Waals surface area contributed by atoms with E-state index in [1.165, 1.54) is 4.68 Å². The van der Waals surface area contributed by atoms with Gasteiger partial charge in [-0.25, -0.2) is 8.78 Å². The first-order chi connectivity index (χ1) is 12.0. The molecule has 2 aromatic heterocycles. The summed E-state index contributed by atoms with van der Waals surface area (Å²) < 4.78 is 29.7. The second-order valence-electron chi connectivity index (χ2n) is 6.22. The molecule has 0 aromatic carbocycles. The van der Waals surface area contributed by atoms with Gasteiger partial charge in [-0.3, -0.25) is 14.2 Å². The van der Waals surface area contributed by atoms with Crippen molar-refractivity contribution < 1.29 is 13.6 Å². The van der Waals surface area contributed by atoms with Crippen LogP contribution in [0.1, 0.15) is 48.7 Å². The molecule has 1 aliphatic carbocycles. The zero-order chi connectivity index (χ0) is 18.0. The normalized spacial score (nSPS) is 14.3. The standard InChI is InChI=1S/C16H20BrF2N5O/c1-10-5-7-21-23(10)8-2-6-20-12(25)9-24-15(11-3-4-11)13(17)14(22-24)16(18)19/h5,7,11,16H,2-4,6,8-9H2,1H3,(H,20,25). The van der Waals surface area contributed by atoms with E-state index in [9.17, 15) is 13.6 Å². The second-order valence-corrected chi connectivity index (χ2v) is 7.01. The quantitative estimate of drug-likeness (QED) is 0.673. The van der Waals surface area contributed by atoms with Crippen molar-refractivity contribution in [3.05, 3.63) is 33.8 Å². The van der Waals surface area contributed by atoms with Crippen LogP contribution in [0.4, 0.5) is 8.78 Å². The maximum absolute atomic E-state index is 13.0.